The van der Waals surface area contributed by atoms with E-state index in [0.29, 0.717) is 17.3 Å². The molecule has 6 nitrogen and oxygen atoms in total. The maximum absolute atomic E-state index is 12.4. The summed E-state index contributed by atoms with van der Waals surface area (Å²) in [6, 6.07) is 11.2. The number of hydrogen-bond acceptors (Lipinski definition) is 5. The molecule has 116 valence electrons. The van der Waals surface area contributed by atoms with Crippen molar-refractivity contribution in [3.05, 3.63) is 54.5 Å². The van der Waals surface area contributed by atoms with Crippen molar-refractivity contribution in [2.75, 3.05) is 10.6 Å². The molecule has 3 rings (SSSR count). The lowest BCUT2D eigenvalue weighted by molar-refractivity contribution is 0.102. The third-order valence-corrected chi connectivity index (χ3v) is 3.19. The van der Waals surface area contributed by atoms with Gasteiger partial charge in [-0.15, -0.1) is 0 Å². The van der Waals surface area contributed by atoms with Gasteiger partial charge in [-0.05, 0) is 32.0 Å². The predicted octanol–water partition coefficient (Wildman–Crippen LogP) is 3.10. The smallest absolute Gasteiger partial charge is 0.274 e. The first kappa shape index (κ1) is 14.9. The molecule has 1 amide bonds. The third kappa shape index (κ3) is 3.42. The van der Waals surface area contributed by atoms with Gasteiger partial charge in [0.15, 0.2) is 0 Å². The van der Waals surface area contributed by atoms with Crippen LogP contribution in [-0.2, 0) is 0 Å². The Labute approximate surface area is 134 Å². The SMILES string of the molecule is CC(C)Nc1nccc(C(=O)Nc2cccc3cccnc23)n1. The summed E-state index contributed by atoms with van der Waals surface area (Å²) in [6.07, 6.45) is 3.27. The number of rotatable bonds is 4. The van der Waals surface area contributed by atoms with Crippen molar-refractivity contribution in [1.29, 1.82) is 0 Å². The largest absolute Gasteiger partial charge is 0.352 e. The van der Waals surface area contributed by atoms with Gasteiger partial charge in [0.25, 0.3) is 5.91 Å². The summed E-state index contributed by atoms with van der Waals surface area (Å²) in [5, 5.41) is 6.91. The fraction of sp³-hybridized carbons (Fsp3) is 0.176. The Hall–Kier alpha value is -3.02. The molecule has 2 N–H and O–H groups in total. The van der Waals surface area contributed by atoms with E-state index < -0.39 is 0 Å². The van der Waals surface area contributed by atoms with Gasteiger partial charge in [0, 0.05) is 23.8 Å². The third-order valence-electron chi connectivity index (χ3n) is 3.19. The van der Waals surface area contributed by atoms with Crippen LogP contribution in [0.15, 0.2) is 48.8 Å². The average molecular weight is 307 g/mol. The molecule has 2 heterocycles. The summed E-state index contributed by atoms with van der Waals surface area (Å²) < 4.78 is 0. The number of amides is 1. The molecule has 6 heteroatoms. The van der Waals surface area contributed by atoms with E-state index in [1.165, 1.54) is 0 Å². The molecule has 0 aliphatic carbocycles. The molecule has 0 saturated carbocycles. The highest BCUT2D eigenvalue weighted by Crippen LogP contribution is 2.21. The van der Waals surface area contributed by atoms with Gasteiger partial charge in [0.2, 0.25) is 5.95 Å². The fourth-order valence-electron chi connectivity index (χ4n) is 2.20. The van der Waals surface area contributed by atoms with Crippen LogP contribution in [0, 0.1) is 0 Å². The van der Waals surface area contributed by atoms with Crippen LogP contribution in [0.3, 0.4) is 0 Å². The molecule has 1 aromatic carbocycles. The maximum atomic E-state index is 12.4. The van der Waals surface area contributed by atoms with E-state index in [-0.39, 0.29) is 11.9 Å². The van der Waals surface area contributed by atoms with Crippen molar-refractivity contribution >= 4 is 28.4 Å². The zero-order valence-corrected chi connectivity index (χ0v) is 12.9. The zero-order chi connectivity index (χ0) is 16.2. The van der Waals surface area contributed by atoms with Crippen molar-refractivity contribution in [3.63, 3.8) is 0 Å². The van der Waals surface area contributed by atoms with E-state index in [0.717, 1.165) is 10.9 Å². The zero-order valence-electron chi connectivity index (χ0n) is 12.9. The topological polar surface area (TPSA) is 79.8 Å². The first-order chi connectivity index (χ1) is 11.1. The molecule has 0 aliphatic rings. The molecular formula is C17H17N5O. The number of benzene rings is 1. The van der Waals surface area contributed by atoms with Gasteiger partial charge >= 0.3 is 0 Å². The number of para-hydroxylation sites is 1. The summed E-state index contributed by atoms with van der Waals surface area (Å²) in [6.45, 7) is 3.97. The molecule has 3 aromatic rings. The first-order valence-corrected chi connectivity index (χ1v) is 7.38. The maximum Gasteiger partial charge on any atom is 0.274 e. The van der Waals surface area contributed by atoms with Crippen LogP contribution in [0.25, 0.3) is 10.9 Å². The van der Waals surface area contributed by atoms with Crippen LogP contribution >= 0.6 is 0 Å². The minimum atomic E-state index is -0.294. The number of carbonyl (C=O) groups is 1. The normalized spacial score (nSPS) is 10.7. The number of aromatic nitrogens is 3. The number of hydrogen-bond donors (Lipinski definition) is 2. The average Bonchev–Trinajstić information content (AvgIpc) is 2.55. The standard InChI is InChI=1S/C17H17N5O/c1-11(2)20-17-19-10-8-14(22-17)16(23)21-13-7-3-5-12-6-4-9-18-15(12)13/h3-11H,1-2H3,(H,21,23)(H,19,20,22). The van der Waals surface area contributed by atoms with E-state index in [1.807, 2.05) is 44.2 Å². The van der Waals surface area contributed by atoms with Crippen LogP contribution in [0.2, 0.25) is 0 Å². The number of carbonyl (C=O) groups excluding carboxylic acids is 1. The quantitative estimate of drug-likeness (QED) is 0.774. The van der Waals surface area contributed by atoms with Gasteiger partial charge in [-0.2, -0.15) is 0 Å². The molecule has 2 aromatic heterocycles. The van der Waals surface area contributed by atoms with Crippen molar-refractivity contribution in [2.45, 2.75) is 19.9 Å². The Morgan fingerprint density at radius 1 is 1.04 bits per heavy atom. The van der Waals surface area contributed by atoms with E-state index in [1.54, 1.807) is 18.5 Å². The number of anilines is 2. The van der Waals surface area contributed by atoms with Gasteiger partial charge in [-0.25, -0.2) is 9.97 Å². The Bertz CT molecular complexity index is 842. The lowest BCUT2D eigenvalue weighted by Gasteiger charge is -2.10. The molecule has 0 radical (unpaired) electrons. The molecule has 0 bridgehead atoms. The van der Waals surface area contributed by atoms with Crippen molar-refractivity contribution < 1.29 is 4.79 Å². The second-order valence-electron chi connectivity index (χ2n) is 5.40. The monoisotopic (exact) mass is 307 g/mol. The van der Waals surface area contributed by atoms with Gasteiger partial charge in [0.05, 0.1) is 11.2 Å². The van der Waals surface area contributed by atoms with Crippen molar-refractivity contribution in [2.24, 2.45) is 0 Å². The van der Waals surface area contributed by atoms with Crippen LogP contribution in [0.4, 0.5) is 11.6 Å². The summed E-state index contributed by atoms with van der Waals surface area (Å²) in [4.78, 5) is 25.1. The van der Waals surface area contributed by atoms with Gasteiger partial charge < -0.3 is 10.6 Å². The summed E-state index contributed by atoms with van der Waals surface area (Å²) in [5.74, 6) is 0.140. The van der Waals surface area contributed by atoms with Crippen LogP contribution in [0.1, 0.15) is 24.3 Å². The Kier molecular flexibility index (Phi) is 4.14. The van der Waals surface area contributed by atoms with E-state index in [9.17, 15) is 4.79 Å². The Morgan fingerprint density at radius 3 is 2.70 bits per heavy atom. The predicted molar refractivity (Wildman–Crippen MR) is 90.5 cm³/mol. The Balaban J connectivity index is 1.86. The molecule has 0 saturated heterocycles. The fourth-order valence-corrected chi connectivity index (χ4v) is 2.20. The number of pyridine rings is 1. The number of nitrogens with one attached hydrogen (secondary N) is 2. The van der Waals surface area contributed by atoms with Gasteiger partial charge in [-0.1, -0.05) is 18.2 Å². The highest BCUT2D eigenvalue weighted by atomic mass is 16.1. The highest BCUT2D eigenvalue weighted by molar-refractivity contribution is 6.07. The van der Waals surface area contributed by atoms with Crippen LogP contribution < -0.4 is 10.6 Å². The lowest BCUT2D eigenvalue weighted by Crippen LogP contribution is -2.17. The summed E-state index contributed by atoms with van der Waals surface area (Å²) in [7, 11) is 0. The molecule has 23 heavy (non-hydrogen) atoms. The molecule has 0 atom stereocenters. The first-order valence-electron chi connectivity index (χ1n) is 7.38. The number of fused-ring (bicyclic) bond motifs is 1. The van der Waals surface area contributed by atoms with Crippen molar-refractivity contribution in [1.82, 2.24) is 15.0 Å². The second-order valence-corrected chi connectivity index (χ2v) is 5.40. The van der Waals surface area contributed by atoms with Crippen LogP contribution in [0.5, 0.6) is 0 Å². The number of nitrogens with zero attached hydrogens (tertiary/aromatic N) is 3. The van der Waals surface area contributed by atoms with Gasteiger partial charge in [0.1, 0.15) is 5.69 Å². The minimum absolute atomic E-state index is 0.190. The minimum Gasteiger partial charge on any atom is -0.352 e. The summed E-state index contributed by atoms with van der Waals surface area (Å²) >= 11 is 0. The van der Waals surface area contributed by atoms with E-state index >= 15 is 0 Å². The summed E-state index contributed by atoms with van der Waals surface area (Å²) in [5.41, 5.74) is 1.71. The molecular weight excluding hydrogens is 290 g/mol. The molecule has 0 unspecified atom stereocenters. The van der Waals surface area contributed by atoms with Crippen LogP contribution in [-0.4, -0.2) is 26.9 Å². The molecule has 0 aliphatic heterocycles. The second kappa shape index (κ2) is 6.39. The Morgan fingerprint density at radius 2 is 1.87 bits per heavy atom. The van der Waals surface area contributed by atoms with E-state index in [4.69, 9.17) is 0 Å². The molecule has 0 spiro atoms. The molecule has 0 fully saturated rings. The van der Waals surface area contributed by atoms with E-state index in [2.05, 4.69) is 25.6 Å². The van der Waals surface area contributed by atoms with Gasteiger partial charge in [-0.3, -0.25) is 9.78 Å². The highest BCUT2D eigenvalue weighted by Gasteiger charge is 2.11. The van der Waals surface area contributed by atoms with Crippen molar-refractivity contribution in [3.8, 4) is 0 Å². The lowest BCUT2D eigenvalue weighted by atomic mass is 10.2.